The van der Waals surface area contributed by atoms with E-state index in [-0.39, 0.29) is 28.7 Å². The monoisotopic (exact) mass is 441 g/mol. The molecule has 0 aliphatic rings. The first-order valence-corrected chi connectivity index (χ1v) is 9.99. The summed E-state index contributed by atoms with van der Waals surface area (Å²) in [5.74, 6) is -0.486. The molecule has 0 saturated carbocycles. The van der Waals surface area contributed by atoms with Crippen LogP contribution in [0.5, 0.6) is 5.88 Å². The third-order valence-electron chi connectivity index (χ3n) is 4.03. The van der Waals surface area contributed by atoms with Gasteiger partial charge < -0.3 is 9.72 Å². The van der Waals surface area contributed by atoms with Crippen LogP contribution in [0.2, 0.25) is 5.02 Å². The van der Waals surface area contributed by atoms with E-state index in [2.05, 4.69) is 19.7 Å². The van der Waals surface area contributed by atoms with Gasteiger partial charge in [0.05, 0.1) is 25.1 Å². The topological polar surface area (TPSA) is 121 Å². The minimum absolute atomic E-state index is 0.00445. The zero-order chi connectivity index (χ0) is 21.2. The number of hydrogen-bond donors (Lipinski definition) is 2. The molecule has 8 nitrogen and oxygen atoms in total. The lowest BCUT2D eigenvalue weighted by Gasteiger charge is -2.10. The van der Waals surface area contributed by atoms with Gasteiger partial charge in [-0.3, -0.25) is 0 Å². The zero-order valence-electron chi connectivity index (χ0n) is 14.9. The molecular weight excluding hydrogens is 428 g/mol. The molecule has 29 heavy (non-hydrogen) atoms. The number of nitriles is 1. The highest BCUT2D eigenvalue weighted by Gasteiger charge is 2.23. The molecule has 1 aromatic carbocycles. The number of fused-ring (bicyclic) bond motifs is 1. The number of sulfonamides is 1. The van der Waals surface area contributed by atoms with E-state index < -0.39 is 22.9 Å². The van der Waals surface area contributed by atoms with Crippen LogP contribution in [0.25, 0.3) is 10.9 Å². The predicted molar refractivity (Wildman–Crippen MR) is 102 cm³/mol. The van der Waals surface area contributed by atoms with Crippen molar-refractivity contribution in [3.05, 3.63) is 40.7 Å². The Bertz CT molecular complexity index is 1210. The molecule has 0 amide bonds. The summed E-state index contributed by atoms with van der Waals surface area (Å²) in [7, 11) is -2.91. The number of aromatic nitrogens is 3. The van der Waals surface area contributed by atoms with E-state index in [1.165, 1.54) is 25.4 Å². The SMILES string of the molecule is COc1nc(NS(=O)(=O)c2c[nH]c3c(CC#N)c(Cl)ccc23)ncc1CC(F)F. The number of nitrogens with one attached hydrogen (secondary N) is 2. The first-order chi connectivity index (χ1) is 13.8. The maximum atomic E-state index is 12.8. The normalized spacial score (nSPS) is 11.6. The number of nitrogens with zero attached hydrogens (tertiary/aromatic N) is 3. The second-order valence-corrected chi connectivity index (χ2v) is 7.92. The van der Waals surface area contributed by atoms with E-state index in [9.17, 15) is 17.2 Å². The van der Waals surface area contributed by atoms with Crippen molar-refractivity contribution in [3.8, 4) is 11.9 Å². The molecule has 0 bridgehead atoms. The van der Waals surface area contributed by atoms with Gasteiger partial charge in [-0.1, -0.05) is 11.6 Å². The Kier molecular flexibility index (Phi) is 5.86. The van der Waals surface area contributed by atoms with E-state index in [0.717, 1.165) is 6.20 Å². The van der Waals surface area contributed by atoms with Crippen LogP contribution < -0.4 is 9.46 Å². The van der Waals surface area contributed by atoms with Gasteiger partial charge in [-0.2, -0.15) is 10.2 Å². The van der Waals surface area contributed by atoms with Gasteiger partial charge >= 0.3 is 0 Å². The average molecular weight is 442 g/mol. The minimum Gasteiger partial charge on any atom is -0.481 e. The van der Waals surface area contributed by atoms with Crippen LogP contribution in [0.3, 0.4) is 0 Å². The van der Waals surface area contributed by atoms with Gasteiger partial charge in [-0.05, 0) is 12.1 Å². The molecule has 0 spiro atoms. The minimum atomic E-state index is -4.14. The molecule has 0 fully saturated rings. The first kappa shape index (κ1) is 20.8. The van der Waals surface area contributed by atoms with Gasteiger partial charge in [-0.25, -0.2) is 26.9 Å². The Morgan fingerprint density at radius 3 is 2.83 bits per heavy atom. The zero-order valence-corrected chi connectivity index (χ0v) is 16.5. The van der Waals surface area contributed by atoms with Crippen LogP contribution in [0, 0.1) is 11.3 Å². The van der Waals surface area contributed by atoms with E-state index in [4.69, 9.17) is 21.6 Å². The molecule has 2 aromatic heterocycles. The van der Waals surface area contributed by atoms with Gasteiger partial charge in [0.25, 0.3) is 10.0 Å². The van der Waals surface area contributed by atoms with E-state index in [0.29, 0.717) is 21.5 Å². The summed E-state index contributed by atoms with van der Waals surface area (Å²) in [5.41, 5.74) is 0.945. The number of H-pyrrole nitrogens is 1. The molecule has 0 atom stereocenters. The molecule has 0 aliphatic heterocycles. The summed E-state index contributed by atoms with van der Waals surface area (Å²) in [6, 6.07) is 4.99. The van der Waals surface area contributed by atoms with Crippen molar-refractivity contribution in [2.75, 3.05) is 11.8 Å². The maximum Gasteiger partial charge on any atom is 0.266 e. The van der Waals surface area contributed by atoms with Crippen molar-refractivity contribution >= 4 is 38.5 Å². The largest absolute Gasteiger partial charge is 0.481 e. The summed E-state index contributed by atoms with van der Waals surface area (Å²) < 4.78 is 58.0. The fourth-order valence-electron chi connectivity index (χ4n) is 2.78. The predicted octanol–water partition coefficient (Wildman–Crippen LogP) is 3.29. The molecule has 0 radical (unpaired) electrons. The maximum absolute atomic E-state index is 12.8. The highest BCUT2D eigenvalue weighted by molar-refractivity contribution is 7.93. The van der Waals surface area contributed by atoms with Crippen molar-refractivity contribution in [2.24, 2.45) is 0 Å². The van der Waals surface area contributed by atoms with E-state index in [1.807, 2.05) is 6.07 Å². The standard InChI is InChI=1S/C17H14ClF2N5O3S/c1-28-16-9(6-14(19)20)7-23-17(24-16)25-29(26,27)13-8-22-15-10(4-5-21)12(18)3-2-11(13)15/h2-3,7-8,14,22H,4,6H2,1H3,(H,23,24,25). The Balaban J connectivity index is 1.98. The smallest absolute Gasteiger partial charge is 0.266 e. The molecule has 2 N–H and O–H groups in total. The lowest BCUT2D eigenvalue weighted by molar-refractivity contribution is 0.147. The summed E-state index contributed by atoms with van der Waals surface area (Å²) in [5, 5.41) is 9.62. The molecule has 3 rings (SSSR count). The fraction of sp³-hybridized carbons (Fsp3) is 0.235. The number of rotatable bonds is 7. The van der Waals surface area contributed by atoms with Crippen molar-refractivity contribution < 1.29 is 21.9 Å². The number of benzene rings is 1. The van der Waals surface area contributed by atoms with Crippen molar-refractivity contribution in [1.82, 2.24) is 15.0 Å². The molecule has 0 aliphatic carbocycles. The summed E-state index contributed by atoms with van der Waals surface area (Å²) in [4.78, 5) is 10.4. The van der Waals surface area contributed by atoms with Crippen LogP contribution >= 0.6 is 11.6 Å². The number of aromatic amines is 1. The Hall–Kier alpha value is -2.97. The lowest BCUT2D eigenvalue weighted by atomic mass is 10.1. The number of anilines is 1. The van der Waals surface area contributed by atoms with Crippen LogP contribution in [0.1, 0.15) is 11.1 Å². The second kappa shape index (κ2) is 8.18. The highest BCUT2D eigenvalue weighted by Crippen LogP contribution is 2.31. The summed E-state index contributed by atoms with van der Waals surface area (Å²) in [6.07, 6.45) is -0.922. The van der Waals surface area contributed by atoms with Crippen molar-refractivity contribution in [3.63, 3.8) is 0 Å². The summed E-state index contributed by atoms with van der Waals surface area (Å²) in [6.45, 7) is 0. The first-order valence-electron chi connectivity index (χ1n) is 8.13. The quantitative estimate of drug-likeness (QED) is 0.580. The number of ether oxygens (including phenoxy) is 1. The average Bonchev–Trinajstić information content (AvgIpc) is 3.10. The van der Waals surface area contributed by atoms with Crippen LogP contribution in [-0.2, 0) is 22.9 Å². The lowest BCUT2D eigenvalue weighted by Crippen LogP contribution is -2.15. The van der Waals surface area contributed by atoms with Crippen molar-refractivity contribution in [1.29, 1.82) is 5.26 Å². The van der Waals surface area contributed by atoms with Crippen LogP contribution in [0.15, 0.2) is 29.4 Å². The van der Waals surface area contributed by atoms with Gasteiger partial charge in [0.2, 0.25) is 18.3 Å². The van der Waals surface area contributed by atoms with Crippen LogP contribution in [-0.4, -0.2) is 36.9 Å². The second-order valence-electron chi connectivity index (χ2n) is 5.87. The third kappa shape index (κ3) is 4.23. The van der Waals surface area contributed by atoms with E-state index in [1.54, 1.807) is 0 Å². The van der Waals surface area contributed by atoms with Gasteiger partial charge in [0, 0.05) is 40.4 Å². The molecule has 2 heterocycles. The van der Waals surface area contributed by atoms with Gasteiger partial charge in [0.15, 0.2) is 0 Å². The number of halogens is 3. The van der Waals surface area contributed by atoms with Gasteiger partial charge in [0.1, 0.15) is 4.90 Å². The highest BCUT2D eigenvalue weighted by atomic mass is 35.5. The van der Waals surface area contributed by atoms with Gasteiger partial charge in [-0.15, -0.1) is 0 Å². The Labute approximate surface area is 169 Å². The molecule has 12 heteroatoms. The number of alkyl halides is 2. The number of hydrogen-bond acceptors (Lipinski definition) is 6. The fourth-order valence-corrected chi connectivity index (χ4v) is 4.13. The molecule has 0 saturated heterocycles. The molecule has 0 unspecified atom stereocenters. The van der Waals surface area contributed by atoms with E-state index >= 15 is 0 Å². The molecular formula is C17H14ClF2N5O3S. The molecule has 3 aromatic rings. The van der Waals surface area contributed by atoms with Crippen LogP contribution in [0.4, 0.5) is 14.7 Å². The Morgan fingerprint density at radius 1 is 1.41 bits per heavy atom. The summed E-state index contributed by atoms with van der Waals surface area (Å²) >= 11 is 6.10. The number of methoxy groups -OCH3 is 1. The molecule has 152 valence electrons. The van der Waals surface area contributed by atoms with Crippen molar-refractivity contribution in [2.45, 2.75) is 24.2 Å². The Morgan fingerprint density at radius 2 is 2.17 bits per heavy atom. The third-order valence-corrected chi connectivity index (χ3v) is 5.75.